The number of rotatable bonds is 5. The summed E-state index contributed by atoms with van der Waals surface area (Å²) in [6.07, 6.45) is 0.683. The molecule has 5 nitrogen and oxygen atoms in total. The number of anilines is 1. The van der Waals surface area contributed by atoms with E-state index in [-0.39, 0.29) is 22.8 Å². The Kier molecular flexibility index (Phi) is 5.35. The van der Waals surface area contributed by atoms with Crippen LogP contribution in [-0.4, -0.2) is 19.5 Å². The lowest BCUT2D eigenvalue weighted by Crippen LogP contribution is -2.35. The number of benzene rings is 3. The number of hydrogen-bond acceptors (Lipinski definition) is 4. The van der Waals surface area contributed by atoms with E-state index in [0.29, 0.717) is 11.3 Å². The van der Waals surface area contributed by atoms with Crippen LogP contribution in [0.15, 0.2) is 77.7 Å². The fourth-order valence-corrected chi connectivity index (χ4v) is 5.66. The molecule has 1 atom stereocenters. The second-order valence-corrected chi connectivity index (χ2v) is 10.7. The van der Waals surface area contributed by atoms with Crippen LogP contribution in [0.3, 0.4) is 0 Å². The molecule has 0 amide bonds. The molecule has 1 aliphatic rings. The van der Waals surface area contributed by atoms with Gasteiger partial charge in [-0.15, -0.1) is 0 Å². The fourth-order valence-electron chi connectivity index (χ4n) is 4.26. The summed E-state index contributed by atoms with van der Waals surface area (Å²) >= 11 is 0. The highest BCUT2D eigenvalue weighted by molar-refractivity contribution is 7.90. The van der Waals surface area contributed by atoms with Crippen LogP contribution in [0.2, 0.25) is 0 Å². The quantitative estimate of drug-likeness (QED) is 0.583. The highest BCUT2D eigenvalue weighted by Crippen LogP contribution is 2.45. The number of carboxylic acids is 1. The van der Waals surface area contributed by atoms with Crippen LogP contribution in [0, 0.1) is 5.41 Å². The maximum absolute atomic E-state index is 13.0. The van der Waals surface area contributed by atoms with Gasteiger partial charge in [-0.2, -0.15) is 0 Å². The molecule has 31 heavy (non-hydrogen) atoms. The largest absolute Gasteiger partial charge is 0.478 e. The van der Waals surface area contributed by atoms with Gasteiger partial charge >= 0.3 is 5.97 Å². The molecule has 1 unspecified atom stereocenters. The number of carboxylic acid groups (broad SMARTS) is 1. The third-order valence-electron chi connectivity index (χ3n) is 5.83. The summed E-state index contributed by atoms with van der Waals surface area (Å²) in [5, 5.41) is 12.8. The van der Waals surface area contributed by atoms with Crippen molar-refractivity contribution in [2.24, 2.45) is 5.41 Å². The second kappa shape index (κ2) is 7.85. The summed E-state index contributed by atoms with van der Waals surface area (Å²) in [5.74, 6) is -0.987. The Balaban J connectivity index is 1.66. The third kappa shape index (κ3) is 4.35. The molecule has 0 saturated heterocycles. The van der Waals surface area contributed by atoms with Gasteiger partial charge in [-0.1, -0.05) is 56.3 Å². The predicted octanol–water partition coefficient (Wildman–Crippen LogP) is 5.09. The minimum Gasteiger partial charge on any atom is -0.478 e. The van der Waals surface area contributed by atoms with Crippen molar-refractivity contribution in [3.8, 4) is 0 Å². The van der Waals surface area contributed by atoms with Crippen molar-refractivity contribution in [2.75, 3.05) is 5.32 Å². The third-order valence-corrected chi connectivity index (χ3v) is 7.52. The smallest absolute Gasteiger partial charge is 0.335 e. The number of fused-ring (bicyclic) bond motifs is 1. The molecule has 2 N–H and O–H groups in total. The van der Waals surface area contributed by atoms with Crippen molar-refractivity contribution < 1.29 is 18.3 Å². The van der Waals surface area contributed by atoms with Crippen LogP contribution in [0.4, 0.5) is 5.69 Å². The lowest BCUT2D eigenvalue weighted by atomic mass is 9.73. The Morgan fingerprint density at radius 2 is 1.77 bits per heavy atom. The topological polar surface area (TPSA) is 83.5 Å². The predicted molar refractivity (Wildman–Crippen MR) is 121 cm³/mol. The molecule has 3 aromatic carbocycles. The molecular weight excluding hydrogens is 410 g/mol. The van der Waals surface area contributed by atoms with Crippen molar-refractivity contribution in [1.82, 2.24) is 0 Å². The molecule has 0 fully saturated rings. The zero-order chi connectivity index (χ0) is 22.2. The minimum absolute atomic E-state index is 0.0421. The van der Waals surface area contributed by atoms with E-state index >= 15 is 0 Å². The van der Waals surface area contributed by atoms with E-state index in [1.165, 1.54) is 0 Å². The first-order chi connectivity index (χ1) is 14.7. The molecule has 6 heteroatoms. The molecule has 160 valence electrons. The van der Waals surface area contributed by atoms with Gasteiger partial charge in [0.2, 0.25) is 0 Å². The molecule has 0 spiro atoms. The summed E-state index contributed by atoms with van der Waals surface area (Å²) in [6, 6.07) is 21.3. The number of carbonyl (C=O) groups is 1. The van der Waals surface area contributed by atoms with E-state index in [1.807, 2.05) is 36.4 Å². The van der Waals surface area contributed by atoms with Gasteiger partial charge in [-0.05, 0) is 58.9 Å². The minimum atomic E-state index is -3.48. The number of sulfone groups is 1. The zero-order valence-electron chi connectivity index (χ0n) is 17.5. The fraction of sp³-hybridized carbons (Fsp3) is 0.240. The summed E-state index contributed by atoms with van der Waals surface area (Å²) in [5.41, 5.74) is 3.51. The van der Waals surface area contributed by atoms with E-state index in [9.17, 15) is 18.3 Å². The molecule has 1 heterocycles. The van der Waals surface area contributed by atoms with E-state index in [0.717, 1.165) is 22.4 Å². The Labute approximate surface area is 182 Å². The molecule has 4 rings (SSSR count). The first-order valence-corrected chi connectivity index (χ1v) is 11.8. The zero-order valence-corrected chi connectivity index (χ0v) is 18.3. The molecule has 0 aliphatic carbocycles. The highest BCUT2D eigenvalue weighted by atomic mass is 32.2. The van der Waals surface area contributed by atoms with Crippen LogP contribution < -0.4 is 5.32 Å². The molecular formula is C25H25NO4S. The van der Waals surface area contributed by atoms with E-state index < -0.39 is 15.8 Å². The molecule has 3 aromatic rings. The second-order valence-electron chi connectivity index (χ2n) is 8.74. The molecule has 0 saturated carbocycles. The first-order valence-electron chi connectivity index (χ1n) is 10.2. The monoisotopic (exact) mass is 435 g/mol. The van der Waals surface area contributed by atoms with Crippen LogP contribution in [0.5, 0.6) is 0 Å². The van der Waals surface area contributed by atoms with E-state index in [1.54, 1.807) is 36.4 Å². The molecule has 0 aromatic heterocycles. The summed E-state index contributed by atoms with van der Waals surface area (Å²) in [4.78, 5) is 11.6. The van der Waals surface area contributed by atoms with Crippen LogP contribution in [0.1, 0.15) is 46.9 Å². The normalized spacial score (nSPS) is 17.4. The number of nitrogens with one attached hydrogen (secondary N) is 1. The maximum Gasteiger partial charge on any atom is 0.335 e. The van der Waals surface area contributed by atoms with E-state index in [2.05, 4.69) is 19.2 Å². The average Bonchev–Trinajstić information content (AvgIpc) is 2.72. The van der Waals surface area contributed by atoms with Gasteiger partial charge in [0.05, 0.1) is 22.3 Å². The number of hydrogen-bond donors (Lipinski definition) is 2. The standard InChI is InChI=1S/C25H25NO4S/c1-25(2)15-20-13-19(24(27)28)11-12-22(20)26-23(25)18-9-6-10-21(14-18)31(29,30)16-17-7-4-3-5-8-17/h3-14,23,26H,15-16H2,1-2H3,(H,27,28). The molecule has 0 bridgehead atoms. The van der Waals surface area contributed by atoms with Crippen LogP contribution >= 0.6 is 0 Å². The van der Waals surface area contributed by atoms with Gasteiger partial charge < -0.3 is 10.4 Å². The first kappa shape index (κ1) is 21.1. The van der Waals surface area contributed by atoms with Gasteiger partial charge in [-0.3, -0.25) is 0 Å². The van der Waals surface area contributed by atoms with E-state index in [4.69, 9.17) is 0 Å². The Bertz CT molecular complexity index is 1230. The van der Waals surface area contributed by atoms with Gasteiger partial charge in [0.15, 0.2) is 9.84 Å². The number of aromatic carboxylic acids is 1. The van der Waals surface area contributed by atoms with Gasteiger partial charge in [0, 0.05) is 5.69 Å². The van der Waals surface area contributed by atoms with Gasteiger partial charge in [0.25, 0.3) is 0 Å². The lowest BCUT2D eigenvalue weighted by Gasteiger charge is -2.41. The van der Waals surface area contributed by atoms with Gasteiger partial charge in [0.1, 0.15) is 0 Å². The Morgan fingerprint density at radius 3 is 2.48 bits per heavy atom. The highest BCUT2D eigenvalue weighted by Gasteiger charge is 2.36. The summed E-state index contributed by atoms with van der Waals surface area (Å²) < 4.78 is 26.0. The average molecular weight is 436 g/mol. The summed E-state index contributed by atoms with van der Waals surface area (Å²) in [6.45, 7) is 4.21. The SMILES string of the molecule is CC1(C)Cc2cc(C(=O)O)ccc2NC1c1cccc(S(=O)(=O)Cc2ccccc2)c1. The maximum atomic E-state index is 13.0. The van der Waals surface area contributed by atoms with Gasteiger partial charge in [-0.25, -0.2) is 13.2 Å². The van der Waals surface area contributed by atoms with Crippen LogP contribution in [-0.2, 0) is 22.0 Å². The lowest BCUT2D eigenvalue weighted by molar-refractivity contribution is 0.0696. The Morgan fingerprint density at radius 1 is 1.03 bits per heavy atom. The summed E-state index contributed by atoms with van der Waals surface area (Å²) in [7, 11) is -3.48. The van der Waals surface area contributed by atoms with Crippen molar-refractivity contribution >= 4 is 21.5 Å². The molecule has 0 radical (unpaired) electrons. The Hall–Kier alpha value is -3.12. The van der Waals surface area contributed by atoms with Crippen molar-refractivity contribution in [3.05, 3.63) is 95.1 Å². The van der Waals surface area contributed by atoms with Crippen molar-refractivity contribution in [1.29, 1.82) is 0 Å². The molecule has 1 aliphatic heterocycles. The van der Waals surface area contributed by atoms with Crippen LogP contribution in [0.25, 0.3) is 0 Å². The van der Waals surface area contributed by atoms with Crippen molar-refractivity contribution in [3.63, 3.8) is 0 Å². The van der Waals surface area contributed by atoms with Crippen molar-refractivity contribution in [2.45, 2.75) is 37.0 Å².